The van der Waals surface area contributed by atoms with Crippen LogP contribution in [0.5, 0.6) is 0 Å². The maximum atomic E-state index is 12.5. The molecule has 0 aliphatic carbocycles. The van der Waals surface area contributed by atoms with Gasteiger partial charge < -0.3 is 34.7 Å². The second-order valence-corrected chi connectivity index (χ2v) is 11.9. The van der Waals surface area contributed by atoms with Crippen LogP contribution in [0.1, 0.15) is 90.9 Å². The van der Waals surface area contributed by atoms with Crippen molar-refractivity contribution in [1.29, 1.82) is 0 Å². The van der Waals surface area contributed by atoms with Gasteiger partial charge in [0.15, 0.2) is 0 Å². The summed E-state index contributed by atoms with van der Waals surface area (Å²) < 4.78 is 0. The minimum atomic E-state index is -1.01. The summed E-state index contributed by atoms with van der Waals surface area (Å²) in [7, 11) is 9.44. The third-order valence-corrected chi connectivity index (χ3v) is 7.71. The molecule has 0 fully saturated rings. The third kappa shape index (κ3) is 19.8. The molecule has 0 heterocycles. The van der Waals surface area contributed by atoms with Crippen molar-refractivity contribution in [3.8, 4) is 0 Å². The molecule has 0 aromatic rings. The van der Waals surface area contributed by atoms with Crippen molar-refractivity contribution in [2.24, 2.45) is 0 Å². The fourth-order valence-corrected chi connectivity index (χ4v) is 4.71. The van der Waals surface area contributed by atoms with Crippen molar-refractivity contribution in [3.63, 3.8) is 0 Å². The minimum Gasteiger partial charge on any atom is -0.382 e. The summed E-state index contributed by atoms with van der Waals surface area (Å²) in [6.45, 7) is 9.47. The van der Waals surface area contributed by atoms with Gasteiger partial charge in [0, 0.05) is 66.5 Å². The lowest BCUT2D eigenvalue weighted by Gasteiger charge is -2.28. The van der Waals surface area contributed by atoms with Crippen LogP contribution in [-0.2, 0) is 9.59 Å². The van der Waals surface area contributed by atoms with E-state index in [1.54, 1.807) is 23.9 Å². The molecular weight excluding hydrogens is 506 g/mol. The molecular formula is C31H65N5O4. The van der Waals surface area contributed by atoms with Gasteiger partial charge in [-0.1, -0.05) is 78.1 Å². The minimum absolute atomic E-state index is 0.207. The Kier molecular flexibility index (Phi) is 23.6. The van der Waals surface area contributed by atoms with E-state index in [4.69, 9.17) is 0 Å². The molecule has 2 N–H and O–H groups in total. The number of hydrogen-bond donors (Lipinski definition) is 2. The standard InChI is InChI=1S/C31H65N5O4/c1-8-10-12-14-16-18-20-35(6)30(39)28(37)26-33(4)24-22-32(3)23-25-34(5)27-29(38)31(40)36(7)21-19-17-15-13-11-9-2/h28-29,37-38H,8-27H2,1-7H3. The predicted molar refractivity (Wildman–Crippen MR) is 167 cm³/mol. The van der Waals surface area contributed by atoms with Crippen LogP contribution >= 0.6 is 0 Å². The van der Waals surface area contributed by atoms with Crippen molar-refractivity contribution < 1.29 is 19.8 Å². The third-order valence-electron chi connectivity index (χ3n) is 7.71. The topological polar surface area (TPSA) is 90.8 Å². The largest absolute Gasteiger partial charge is 0.382 e. The molecule has 9 nitrogen and oxygen atoms in total. The summed E-state index contributed by atoms with van der Waals surface area (Å²) in [5.41, 5.74) is 0. The van der Waals surface area contributed by atoms with Crippen LogP contribution in [-0.4, -0.2) is 146 Å². The highest BCUT2D eigenvalue weighted by molar-refractivity contribution is 5.81. The first-order chi connectivity index (χ1) is 19.0. The highest BCUT2D eigenvalue weighted by Crippen LogP contribution is 2.08. The van der Waals surface area contributed by atoms with E-state index in [2.05, 4.69) is 18.7 Å². The lowest BCUT2D eigenvalue weighted by atomic mass is 10.1. The van der Waals surface area contributed by atoms with Gasteiger partial charge in [-0.3, -0.25) is 9.59 Å². The van der Waals surface area contributed by atoms with E-state index in [1.807, 2.05) is 30.9 Å². The van der Waals surface area contributed by atoms with Crippen LogP contribution in [0.3, 0.4) is 0 Å². The summed E-state index contributed by atoms with van der Waals surface area (Å²) in [6.07, 6.45) is 12.1. The Balaban J connectivity index is 4.13. The van der Waals surface area contributed by atoms with Crippen molar-refractivity contribution in [2.45, 2.75) is 103 Å². The first kappa shape index (κ1) is 38.7. The Morgan fingerprint density at radius 3 is 1.12 bits per heavy atom. The van der Waals surface area contributed by atoms with E-state index >= 15 is 0 Å². The van der Waals surface area contributed by atoms with Crippen LogP contribution in [0, 0.1) is 0 Å². The molecule has 0 spiro atoms. The number of carbonyl (C=O) groups excluding carboxylic acids is 2. The predicted octanol–water partition coefficient (Wildman–Crippen LogP) is 3.14. The van der Waals surface area contributed by atoms with E-state index in [-0.39, 0.29) is 11.8 Å². The van der Waals surface area contributed by atoms with Gasteiger partial charge in [-0.2, -0.15) is 0 Å². The number of aliphatic hydroxyl groups excluding tert-OH is 2. The number of aliphatic hydroxyl groups is 2. The number of amides is 2. The van der Waals surface area contributed by atoms with E-state index < -0.39 is 12.2 Å². The quantitative estimate of drug-likeness (QED) is 0.154. The highest BCUT2D eigenvalue weighted by atomic mass is 16.3. The van der Waals surface area contributed by atoms with Gasteiger partial charge in [-0.25, -0.2) is 0 Å². The Morgan fingerprint density at radius 1 is 0.475 bits per heavy atom. The van der Waals surface area contributed by atoms with Crippen LogP contribution in [0.25, 0.3) is 0 Å². The lowest BCUT2D eigenvalue weighted by Crippen LogP contribution is -2.45. The first-order valence-electron chi connectivity index (χ1n) is 15.9. The van der Waals surface area contributed by atoms with Gasteiger partial charge >= 0.3 is 0 Å². The van der Waals surface area contributed by atoms with Crippen LogP contribution in [0.15, 0.2) is 0 Å². The molecule has 0 aromatic carbocycles. The molecule has 0 aliphatic heterocycles. The van der Waals surface area contributed by atoms with Gasteiger partial charge in [0.1, 0.15) is 12.2 Å². The molecule has 40 heavy (non-hydrogen) atoms. The van der Waals surface area contributed by atoms with E-state index in [0.29, 0.717) is 26.2 Å². The normalized spacial score (nSPS) is 13.3. The van der Waals surface area contributed by atoms with Gasteiger partial charge in [-0.05, 0) is 34.0 Å². The maximum absolute atomic E-state index is 12.5. The van der Waals surface area contributed by atoms with Gasteiger partial charge in [0.05, 0.1) is 0 Å². The molecule has 0 radical (unpaired) electrons. The molecule has 2 unspecified atom stereocenters. The molecule has 0 saturated heterocycles. The number of rotatable bonds is 26. The molecule has 2 atom stereocenters. The average Bonchev–Trinajstić information content (AvgIpc) is 2.93. The summed E-state index contributed by atoms with van der Waals surface area (Å²) in [5.74, 6) is -0.415. The van der Waals surface area contributed by atoms with Gasteiger partial charge in [-0.15, -0.1) is 0 Å². The Morgan fingerprint density at radius 2 is 0.775 bits per heavy atom. The molecule has 2 amide bonds. The summed E-state index contributed by atoms with van der Waals surface area (Å²) in [6, 6.07) is 0. The molecule has 0 saturated carbocycles. The highest BCUT2D eigenvalue weighted by Gasteiger charge is 2.22. The van der Waals surface area contributed by atoms with Gasteiger partial charge in [0.25, 0.3) is 11.8 Å². The van der Waals surface area contributed by atoms with E-state index in [1.165, 1.54) is 51.4 Å². The molecule has 0 aromatic heterocycles. The van der Waals surface area contributed by atoms with Crippen LogP contribution < -0.4 is 0 Å². The Hall–Kier alpha value is -1.26. The summed E-state index contributed by atoms with van der Waals surface area (Å²) >= 11 is 0. The second-order valence-electron chi connectivity index (χ2n) is 11.9. The monoisotopic (exact) mass is 572 g/mol. The van der Waals surface area contributed by atoms with Gasteiger partial charge in [0.2, 0.25) is 0 Å². The van der Waals surface area contributed by atoms with E-state index in [0.717, 1.165) is 51.9 Å². The number of unbranched alkanes of at least 4 members (excludes halogenated alkanes) is 10. The van der Waals surface area contributed by atoms with Crippen molar-refractivity contribution >= 4 is 11.8 Å². The zero-order chi connectivity index (χ0) is 30.3. The fraction of sp³-hybridized carbons (Fsp3) is 0.935. The first-order valence-corrected chi connectivity index (χ1v) is 15.9. The van der Waals surface area contributed by atoms with Crippen molar-refractivity contribution in [2.75, 3.05) is 87.6 Å². The smallest absolute Gasteiger partial charge is 0.252 e. The molecule has 0 aliphatic rings. The number of carbonyl (C=O) groups is 2. The van der Waals surface area contributed by atoms with E-state index in [9.17, 15) is 19.8 Å². The SMILES string of the molecule is CCCCCCCCN(C)C(=O)C(O)CN(C)CCN(C)CCN(C)CC(O)C(=O)N(C)CCCCCCCC. The molecule has 238 valence electrons. The molecule has 9 heteroatoms. The van der Waals surface area contributed by atoms with Crippen molar-refractivity contribution in [1.82, 2.24) is 24.5 Å². The zero-order valence-corrected chi connectivity index (χ0v) is 27.2. The lowest BCUT2D eigenvalue weighted by molar-refractivity contribution is -0.140. The Bertz CT molecular complexity index is 587. The second kappa shape index (κ2) is 24.3. The zero-order valence-electron chi connectivity index (χ0n) is 27.2. The number of nitrogens with zero attached hydrogens (tertiary/aromatic N) is 5. The molecule has 0 bridgehead atoms. The number of hydrogen-bond acceptors (Lipinski definition) is 7. The van der Waals surface area contributed by atoms with Crippen LogP contribution in [0.4, 0.5) is 0 Å². The maximum Gasteiger partial charge on any atom is 0.252 e. The summed E-state index contributed by atoms with van der Waals surface area (Å²) in [5, 5.41) is 20.8. The summed E-state index contributed by atoms with van der Waals surface area (Å²) in [4.78, 5) is 34.5. The molecule has 0 rings (SSSR count). The average molecular weight is 572 g/mol. The van der Waals surface area contributed by atoms with Crippen molar-refractivity contribution in [3.05, 3.63) is 0 Å². The fourth-order valence-electron chi connectivity index (χ4n) is 4.71. The number of likely N-dealkylation sites (N-methyl/N-ethyl adjacent to an activating group) is 5. The Labute approximate surface area is 246 Å². The van der Waals surface area contributed by atoms with Crippen LogP contribution in [0.2, 0.25) is 0 Å².